The maximum Gasteiger partial charge on any atom is 0.141 e. The summed E-state index contributed by atoms with van der Waals surface area (Å²) in [6, 6.07) is 0. The molecular weight excluding hydrogens is 188 g/mol. The SMILES string of the molecule is C=O.c1ncnnn1.c1ncnnn1. The van der Waals surface area contributed by atoms with E-state index in [0.717, 1.165) is 0 Å². The molecule has 9 nitrogen and oxygen atoms in total. The summed E-state index contributed by atoms with van der Waals surface area (Å²) >= 11 is 0. The molecule has 0 aliphatic heterocycles. The van der Waals surface area contributed by atoms with Crippen LogP contribution in [0, 0.1) is 0 Å². The number of carbonyl (C=O) groups is 1. The highest BCUT2D eigenvalue weighted by molar-refractivity contribution is 5.10. The summed E-state index contributed by atoms with van der Waals surface area (Å²) < 4.78 is 0. The van der Waals surface area contributed by atoms with E-state index in [1.165, 1.54) is 25.3 Å². The third-order valence-electron chi connectivity index (χ3n) is 0.680. The molecule has 2 rings (SSSR count). The Bertz CT molecular complexity index is 206. The minimum Gasteiger partial charge on any atom is -0.307 e. The Hall–Kier alpha value is -2.45. The van der Waals surface area contributed by atoms with Crippen LogP contribution in [0.3, 0.4) is 0 Å². The Labute approximate surface area is 78.7 Å². The van der Waals surface area contributed by atoms with Crippen molar-refractivity contribution in [1.29, 1.82) is 0 Å². The highest BCUT2D eigenvalue weighted by Gasteiger charge is 1.61. The number of hydrogen-bond donors (Lipinski definition) is 0. The highest BCUT2D eigenvalue weighted by atomic mass is 16.1. The molecule has 0 aromatic carbocycles. The predicted molar refractivity (Wildman–Crippen MR) is 42.4 cm³/mol. The van der Waals surface area contributed by atoms with Gasteiger partial charge in [-0.15, -0.1) is 20.4 Å². The second-order valence-electron chi connectivity index (χ2n) is 1.40. The Morgan fingerprint density at radius 1 is 0.643 bits per heavy atom. The molecule has 0 amide bonds. The van der Waals surface area contributed by atoms with Crippen molar-refractivity contribution >= 4 is 6.79 Å². The summed E-state index contributed by atoms with van der Waals surface area (Å²) in [5, 5.41) is 19.7. The van der Waals surface area contributed by atoms with Crippen LogP contribution in [0.25, 0.3) is 0 Å². The summed E-state index contributed by atoms with van der Waals surface area (Å²) in [4.78, 5) is 15.0. The lowest BCUT2D eigenvalue weighted by Gasteiger charge is -1.67. The zero-order valence-corrected chi connectivity index (χ0v) is 7.00. The quantitative estimate of drug-likeness (QED) is 0.485. The van der Waals surface area contributed by atoms with Gasteiger partial charge in [0, 0.05) is 0 Å². The molecule has 0 fully saturated rings. The average molecular weight is 194 g/mol. The molecule has 9 heteroatoms. The van der Waals surface area contributed by atoms with Crippen LogP contribution < -0.4 is 0 Å². The Balaban J connectivity index is 0.000000206. The van der Waals surface area contributed by atoms with Crippen molar-refractivity contribution in [3.63, 3.8) is 0 Å². The number of hydrogen-bond acceptors (Lipinski definition) is 9. The topological polar surface area (TPSA) is 120 Å². The predicted octanol–water partition coefficient (Wildman–Crippen LogP) is -1.65. The lowest BCUT2D eigenvalue weighted by molar-refractivity contribution is -0.0979. The molecule has 14 heavy (non-hydrogen) atoms. The van der Waals surface area contributed by atoms with E-state index >= 15 is 0 Å². The van der Waals surface area contributed by atoms with Gasteiger partial charge in [0.2, 0.25) is 0 Å². The van der Waals surface area contributed by atoms with Crippen LogP contribution in [-0.4, -0.2) is 47.6 Å². The van der Waals surface area contributed by atoms with Crippen LogP contribution in [0.4, 0.5) is 0 Å². The van der Waals surface area contributed by atoms with Crippen LogP contribution in [0.5, 0.6) is 0 Å². The van der Waals surface area contributed by atoms with Crippen LogP contribution in [0.2, 0.25) is 0 Å². The molecule has 0 saturated heterocycles. The van der Waals surface area contributed by atoms with Gasteiger partial charge in [-0.3, -0.25) is 0 Å². The van der Waals surface area contributed by atoms with E-state index < -0.39 is 0 Å². The summed E-state index contributed by atoms with van der Waals surface area (Å²) in [5.41, 5.74) is 0. The van der Waals surface area contributed by atoms with Crippen LogP contribution >= 0.6 is 0 Å². The number of carbonyl (C=O) groups excluding carboxylic acids is 1. The van der Waals surface area contributed by atoms with Crippen LogP contribution in [0.1, 0.15) is 0 Å². The van der Waals surface area contributed by atoms with Crippen molar-refractivity contribution in [2.24, 2.45) is 0 Å². The van der Waals surface area contributed by atoms with Gasteiger partial charge in [-0.05, 0) is 10.4 Å². The molecule has 72 valence electrons. The fourth-order valence-corrected chi connectivity index (χ4v) is 0.331. The summed E-state index contributed by atoms with van der Waals surface area (Å²) in [6.07, 6.45) is 5.31. The average Bonchev–Trinajstić information content (AvgIpc) is 2.37. The minimum atomic E-state index is 1.33. The molecule has 2 heterocycles. The van der Waals surface area contributed by atoms with E-state index in [2.05, 4.69) is 40.8 Å². The zero-order chi connectivity index (χ0) is 10.5. The molecule has 0 aliphatic carbocycles. The van der Waals surface area contributed by atoms with Gasteiger partial charge in [-0.1, -0.05) is 0 Å². The van der Waals surface area contributed by atoms with Gasteiger partial charge in [-0.2, -0.15) is 0 Å². The van der Waals surface area contributed by atoms with Gasteiger partial charge in [-0.25, -0.2) is 9.97 Å². The van der Waals surface area contributed by atoms with Gasteiger partial charge in [0.25, 0.3) is 0 Å². The van der Waals surface area contributed by atoms with Gasteiger partial charge >= 0.3 is 0 Å². The smallest absolute Gasteiger partial charge is 0.141 e. The second-order valence-corrected chi connectivity index (χ2v) is 1.40. The van der Waals surface area contributed by atoms with Crippen LogP contribution in [0.15, 0.2) is 25.3 Å². The molecule has 0 unspecified atom stereocenters. The molecule has 0 spiro atoms. The first kappa shape index (κ1) is 11.5. The summed E-state index contributed by atoms with van der Waals surface area (Å²) in [5.74, 6) is 0. The molecule has 0 atom stereocenters. The lowest BCUT2D eigenvalue weighted by atomic mass is 11.2. The van der Waals surface area contributed by atoms with Crippen molar-refractivity contribution in [2.45, 2.75) is 0 Å². The Kier molecular flexibility index (Phi) is 8.70. The van der Waals surface area contributed by atoms with Crippen molar-refractivity contribution in [3.05, 3.63) is 25.3 Å². The zero-order valence-electron chi connectivity index (χ0n) is 7.00. The van der Waals surface area contributed by atoms with Gasteiger partial charge in [0.1, 0.15) is 32.1 Å². The molecule has 0 saturated carbocycles. The largest absolute Gasteiger partial charge is 0.307 e. The molecule has 0 aliphatic rings. The van der Waals surface area contributed by atoms with E-state index in [0.29, 0.717) is 0 Å². The van der Waals surface area contributed by atoms with Crippen LogP contribution in [-0.2, 0) is 4.79 Å². The second kappa shape index (κ2) is 10.5. The van der Waals surface area contributed by atoms with Gasteiger partial charge in [0.05, 0.1) is 0 Å². The molecule has 0 N–H and O–H groups in total. The minimum absolute atomic E-state index is 1.33. The van der Waals surface area contributed by atoms with E-state index in [1.54, 1.807) is 0 Å². The Morgan fingerprint density at radius 3 is 1.00 bits per heavy atom. The molecule has 0 bridgehead atoms. The van der Waals surface area contributed by atoms with Crippen molar-refractivity contribution < 1.29 is 4.79 Å². The molecule has 0 radical (unpaired) electrons. The van der Waals surface area contributed by atoms with Gasteiger partial charge in [0.15, 0.2) is 0 Å². The third kappa shape index (κ3) is 7.65. The first-order valence-corrected chi connectivity index (χ1v) is 3.15. The Morgan fingerprint density at radius 2 is 0.929 bits per heavy atom. The van der Waals surface area contributed by atoms with E-state index in [1.807, 2.05) is 6.79 Å². The monoisotopic (exact) mass is 194 g/mol. The fourth-order valence-electron chi connectivity index (χ4n) is 0.331. The molecule has 2 aromatic heterocycles. The maximum absolute atomic E-state index is 8.00. The van der Waals surface area contributed by atoms with Crippen molar-refractivity contribution in [1.82, 2.24) is 40.8 Å². The number of rotatable bonds is 0. The van der Waals surface area contributed by atoms with Crippen molar-refractivity contribution in [2.75, 3.05) is 0 Å². The van der Waals surface area contributed by atoms with Gasteiger partial charge < -0.3 is 4.79 Å². The summed E-state index contributed by atoms with van der Waals surface area (Å²) in [7, 11) is 0. The maximum atomic E-state index is 8.00. The summed E-state index contributed by atoms with van der Waals surface area (Å²) in [6.45, 7) is 2.00. The fraction of sp³-hybridized carbons (Fsp3) is 0. The first-order valence-electron chi connectivity index (χ1n) is 3.15. The normalized spacial score (nSPS) is 7.14. The number of aromatic nitrogens is 8. The molecule has 2 aromatic rings. The standard InChI is InChI=1S/2C2H2N4.CH2O/c2*1-3-2-5-6-4-1;1-2/h2*1-2H;1H2. The van der Waals surface area contributed by atoms with E-state index in [9.17, 15) is 0 Å². The highest BCUT2D eigenvalue weighted by Crippen LogP contribution is 1.51. The third-order valence-corrected chi connectivity index (χ3v) is 0.680. The number of nitrogens with zero attached hydrogens (tertiary/aromatic N) is 8. The first-order chi connectivity index (χ1) is 7.00. The molecular formula is C5H6N8O. The van der Waals surface area contributed by atoms with Crippen molar-refractivity contribution in [3.8, 4) is 0 Å². The lowest BCUT2D eigenvalue weighted by Crippen LogP contribution is -1.82. The van der Waals surface area contributed by atoms with E-state index in [4.69, 9.17) is 4.79 Å². The van der Waals surface area contributed by atoms with E-state index in [-0.39, 0.29) is 0 Å².